The molecule has 50 valence electrons. The average Bonchev–Trinajstić information content (AvgIpc) is 1.83. The van der Waals surface area contributed by atoms with E-state index in [1.807, 2.05) is 13.0 Å². The molecular formula is C8H12O. The van der Waals surface area contributed by atoms with Crippen LogP contribution in [0.5, 0.6) is 0 Å². The highest BCUT2D eigenvalue weighted by Crippen LogP contribution is 1.96. The molecule has 0 spiro atoms. The highest BCUT2D eigenvalue weighted by atomic mass is 16.5. The number of hydrogen-bond acceptors (Lipinski definition) is 1. The maximum absolute atomic E-state index is 4.78. The van der Waals surface area contributed by atoms with Gasteiger partial charge < -0.3 is 4.74 Å². The molecule has 0 unspecified atom stereocenters. The molecular weight excluding hydrogens is 112 g/mol. The highest BCUT2D eigenvalue weighted by Gasteiger charge is 1.79. The Hall–Kier alpha value is -0.980. The van der Waals surface area contributed by atoms with Crippen LogP contribution < -0.4 is 0 Å². The predicted octanol–water partition coefficient (Wildman–Crippen LogP) is 2.28. The monoisotopic (exact) mass is 124 g/mol. The molecule has 0 fully saturated rings. The second-order valence-corrected chi connectivity index (χ2v) is 1.85. The molecule has 1 nitrogen and oxygen atoms in total. The molecule has 0 rings (SSSR count). The molecule has 0 aromatic rings. The summed E-state index contributed by atoms with van der Waals surface area (Å²) in [5.41, 5.74) is 0.994. The minimum absolute atomic E-state index is 0.651. The molecule has 1 heteroatoms. The van der Waals surface area contributed by atoms with E-state index in [0.717, 1.165) is 5.57 Å². The fourth-order valence-electron chi connectivity index (χ4n) is 0.303. The maximum atomic E-state index is 4.78. The van der Waals surface area contributed by atoms with E-state index in [1.54, 1.807) is 13.2 Å². The van der Waals surface area contributed by atoms with Crippen LogP contribution >= 0.6 is 0 Å². The van der Waals surface area contributed by atoms with Gasteiger partial charge >= 0.3 is 0 Å². The van der Waals surface area contributed by atoms with Crippen molar-refractivity contribution >= 4 is 0 Å². The van der Waals surface area contributed by atoms with Gasteiger partial charge in [0, 0.05) is 0 Å². The highest BCUT2D eigenvalue weighted by molar-refractivity contribution is 5.18. The van der Waals surface area contributed by atoms with Gasteiger partial charge in [-0.25, -0.2) is 0 Å². The maximum Gasteiger partial charge on any atom is 0.111 e. The van der Waals surface area contributed by atoms with Crippen molar-refractivity contribution in [1.82, 2.24) is 0 Å². The SMILES string of the molecule is C=C(C)/C=C\C(=C)OC. The lowest BCUT2D eigenvalue weighted by Crippen LogP contribution is -1.76. The molecule has 0 N–H and O–H groups in total. The first kappa shape index (κ1) is 8.02. The van der Waals surface area contributed by atoms with Crippen molar-refractivity contribution in [2.24, 2.45) is 0 Å². The Kier molecular flexibility index (Phi) is 3.52. The first-order valence-electron chi connectivity index (χ1n) is 2.73. The molecule has 0 saturated heterocycles. The Bertz CT molecular complexity index is 143. The summed E-state index contributed by atoms with van der Waals surface area (Å²) in [6.45, 7) is 9.19. The van der Waals surface area contributed by atoms with Crippen molar-refractivity contribution in [2.75, 3.05) is 7.11 Å². The summed E-state index contributed by atoms with van der Waals surface area (Å²) < 4.78 is 4.78. The van der Waals surface area contributed by atoms with E-state index in [-0.39, 0.29) is 0 Å². The topological polar surface area (TPSA) is 9.23 Å². The summed E-state index contributed by atoms with van der Waals surface area (Å²) in [6.07, 6.45) is 3.63. The Labute approximate surface area is 56.3 Å². The van der Waals surface area contributed by atoms with Crippen molar-refractivity contribution in [1.29, 1.82) is 0 Å². The smallest absolute Gasteiger partial charge is 0.111 e. The third-order valence-electron chi connectivity index (χ3n) is 0.816. The minimum atomic E-state index is 0.651. The second-order valence-electron chi connectivity index (χ2n) is 1.85. The molecule has 0 aromatic carbocycles. The van der Waals surface area contributed by atoms with Crippen LogP contribution in [0.2, 0.25) is 0 Å². The lowest BCUT2D eigenvalue weighted by atomic mass is 10.3. The van der Waals surface area contributed by atoms with Gasteiger partial charge in [0.25, 0.3) is 0 Å². The van der Waals surface area contributed by atoms with Gasteiger partial charge in [0.1, 0.15) is 5.76 Å². The van der Waals surface area contributed by atoms with Crippen molar-refractivity contribution in [3.63, 3.8) is 0 Å². The van der Waals surface area contributed by atoms with E-state index in [9.17, 15) is 0 Å². The Morgan fingerprint density at radius 2 is 1.89 bits per heavy atom. The van der Waals surface area contributed by atoms with E-state index in [2.05, 4.69) is 13.2 Å². The lowest BCUT2D eigenvalue weighted by Gasteiger charge is -1.93. The number of ether oxygens (including phenoxy) is 1. The van der Waals surface area contributed by atoms with Gasteiger partial charge in [0.15, 0.2) is 0 Å². The molecule has 0 aliphatic carbocycles. The Morgan fingerprint density at radius 1 is 1.33 bits per heavy atom. The van der Waals surface area contributed by atoms with E-state index in [1.165, 1.54) is 0 Å². The van der Waals surface area contributed by atoms with Crippen LogP contribution in [0, 0.1) is 0 Å². The molecule has 0 amide bonds. The van der Waals surface area contributed by atoms with E-state index >= 15 is 0 Å². The van der Waals surface area contributed by atoms with Crippen LogP contribution in [0.4, 0.5) is 0 Å². The largest absolute Gasteiger partial charge is 0.497 e. The van der Waals surface area contributed by atoms with Gasteiger partial charge in [-0.05, 0) is 13.0 Å². The van der Waals surface area contributed by atoms with Gasteiger partial charge in [-0.3, -0.25) is 0 Å². The lowest BCUT2D eigenvalue weighted by molar-refractivity contribution is 0.309. The Morgan fingerprint density at radius 3 is 2.22 bits per heavy atom. The first-order chi connectivity index (χ1) is 4.16. The third-order valence-corrected chi connectivity index (χ3v) is 0.816. The Balaban J connectivity index is 3.71. The average molecular weight is 124 g/mol. The molecule has 0 aliphatic heterocycles. The zero-order valence-corrected chi connectivity index (χ0v) is 5.98. The van der Waals surface area contributed by atoms with E-state index in [0.29, 0.717) is 5.76 Å². The fraction of sp³-hybridized carbons (Fsp3) is 0.250. The standard InChI is InChI=1S/C8H12O/c1-7(2)5-6-8(3)9-4/h5-6H,1,3H2,2,4H3/b6-5-. The first-order valence-corrected chi connectivity index (χ1v) is 2.73. The normalized spacial score (nSPS) is 9.56. The molecule has 0 heterocycles. The van der Waals surface area contributed by atoms with Crippen LogP contribution in [-0.2, 0) is 4.74 Å². The third kappa shape index (κ3) is 4.88. The number of allylic oxidation sites excluding steroid dienone is 3. The van der Waals surface area contributed by atoms with Gasteiger partial charge in [-0.2, -0.15) is 0 Å². The van der Waals surface area contributed by atoms with E-state index in [4.69, 9.17) is 4.74 Å². The molecule has 0 aromatic heterocycles. The van der Waals surface area contributed by atoms with Crippen LogP contribution in [0.1, 0.15) is 6.92 Å². The van der Waals surface area contributed by atoms with Crippen molar-refractivity contribution in [3.05, 3.63) is 36.6 Å². The molecule has 9 heavy (non-hydrogen) atoms. The van der Waals surface area contributed by atoms with Crippen LogP contribution in [0.25, 0.3) is 0 Å². The van der Waals surface area contributed by atoms with Crippen molar-refractivity contribution in [2.45, 2.75) is 6.92 Å². The minimum Gasteiger partial charge on any atom is -0.497 e. The summed E-state index contributed by atoms with van der Waals surface area (Å²) in [6, 6.07) is 0. The van der Waals surface area contributed by atoms with Gasteiger partial charge in [-0.1, -0.05) is 24.8 Å². The number of rotatable bonds is 3. The zero-order chi connectivity index (χ0) is 7.28. The van der Waals surface area contributed by atoms with Crippen molar-refractivity contribution in [3.8, 4) is 0 Å². The predicted molar refractivity (Wildman–Crippen MR) is 40.1 cm³/mol. The summed E-state index contributed by atoms with van der Waals surface area (Å²) in [5, 5.41) is 0. The van der Waals surface area contributed by atoms with Crippen molar-refractivity contribution < 1.29 is 4.74 Å². The zero-order valence-electron chi connectivity index (χ0n) is 5.98. The van der Waals surface area contributed by atoms with Gasteiger partial charge in [0.05, 0.1) is 7.11 Å². The quantitative estimate of drug-likeness (QED) is 0.414. The van der Waals surface area contributed by atoms with Crippen LogP contribution in [0.15, 0.2) is 36.6 Å². The van der Waals surface area contributed by atoms with Gasteiger partial charge in [-0.15, -0.1) is 0 Å². The fourth-order valence-corrected chi connectivity index (χ4v) is 0.303. The summed E-state index contributed by atoms with van der Waals surface area (Å²) in [5.74, 6) is 0.651. The summed E-state index contributed by atoms with van der Waals surface area (Å²) >= 11 is 0. The summed E-state index contributed by atoms with van der Waals surface area (Å²) in [7, 11) is 1.59. The van der Waals surface area contributed by atoms with Gasteiger partial charge in [0.2, 0.25) is 0 Å². The molecule has 0 bridgehead atoms. The number of methoxy groups -OCH3 is 1. The second kappa shape index (κ2) is 3.96. The molecule has 0 aliphatic rings. The van der Waals surface area contributed by atoms with E-state index < -0.39 is 0 Å². The summed E-state index contributed by atoms with van der Waals surface area (Å²) in [4.78, 5) is 0. The number of hydrogen-bond donors (Lipinski definition) is 0. The molecule has 0 atom stereocenters. The van der Waals surface area contributed by atoms with Crippen LogP contribution in [-0.4, -0.2) is 7.11 Å². The molecule has 0 radical (unpaired) electrons. The van der Waals surface area contributed by atoms with Crippen LogP contribution in [0.3, 0.4) is 0 Å². The molecule has 0 saturated carbocycles.